The number of halogens is 1. The maximum Gasteiger partial charge on any atom is 0.328 e. The molecule has 1 unspecified atom stereocenters. The third kappa shape index (κ3) is 3.82. The first-order chi connectivity index (χ1) is 7.91. The van der Waals surface area contributed by atoms with Gasteiger partial charge in [-0.25, -0.2) is 4.79 Å². The molecule has 0 saturated carbocycles. The summed E-state index contributed by atoms with van der Waals surface area (Å²) in [5.41, 5.74) is 2.12. The average molecular weight is 297 g/mol. The fourth-order valence-electron chi connectivity index (χ4n) is 1.40. The zero-order valence-corrected chi connectivity index (χ0v) is 11.2. The summed E-state index contributed by atoms with van der Waals surface area (Å²) in [7, 11) is 0. The van der Waals surface area contributed by atoms with Crippen LogP contribution in [0.2, 0.25) is 0 Å². The number of carbonyl (C=O) groups is 2. The molecule has 0 aromatic heterocycles. The molecule has 1 aromatic carbocycles. The quantitative estimate of drug-likeness (QED) is 0.528. The maximum atomic E-state index is 11.9. The van der Waals surface area contributed by atoms with E-state index < -0.39 is 5.97 Å². The normalized spacial score (nSPS) is 12.6. The van der Waals surface area contributed by atoms with Crippen molar-refractivity contribution < 1.29 is 14.7 Å². The molecule has 0 amide bonds. The molecule has 1 N–H and O–H groups in total. The van der Waals surface area contributed by atoms with E-state index in [1.807, 2.05) is 13.0 Å². The summed E-state index contributed by atoms with van der Waals surface area (Å²) in [5.74, 6) is -1.09. The minimum atomic E-state index is -1.03. The molecule has 17 heavy (non-hydrogen) atoms. The molecule has 0 aliphatic heterocycles. The van der Waals surface area contributed by atoms with Gasteiger partial charge in [0.2, 0.25) is 0 Å². The molecule has 0 bridgehead atoms. The van der Waals surface area contributed by atoms with Crippen molar-refractivity contribution in [2.45, 2.75) is 18.7 Å². The van der Waals surface area contributed by atoms with Crippen LogP contribution in [0.1, 0.15) is 28.4 Å². The summed E-state index contributed by atoms with van der Waals surface area (Å²) < 4.78 is 0. The highest BCUT2D eigenvalue weighted by Crippen LogP contribution is 2.18. The number of hydrogen-bond donors (Lipinski definition) is 1. The van der Waals surface area contributed by atoms with E-state index in [1.165, 1.54) is 6.08 Å². The molecule has 3 nitrogen and oxygen atoms in total. The third-order valence-electron chi connectivity index (χ3n) is 2.24. The van der Waals surface area contributed by atoms with Gasteiger partial charge in [0.1, 0.15) is 0 Å². The Bertz CT molecular complexity index is 476. The fourth-order valence-corrected chi connectivity index (χ4v) is 1.65. The van der Waals surface area contributed by atoms with E-state index in [9.17, 15) is 9.59 Å². The van der Waals surface area contributed by atoms with Crippen LogP contribution >= 0.6 is 15.9 Å². The van der Waals surface area contributed by atoms with Crippen molar-refractivity contribution in [2.75, 3.05) is 0 Å². The highest BCUT2D eigenvalue weighted by molar-refractivity contribution is 9.10. The molecule has 1 aromatic rings. The Morgan fingerprint density at radius 3 is 2.59 bits per heavy atom. The Labute approximate surface area is 108 Å². The Morgan fingerprint density at radius 1 is 1.41 bits per heavy atom. The van der Waals surface area contributed by atoms with Gasteiger partial charge in [0.25, 0.3) is 0 Å². The van der Waals surface area contributed by atoms with Crippen molar-refractivity contribution in [1.29, 1.82) is 0 Å². The lowest BCUT2D eigenvalue weighted by molar-refractivity contribution is -0.131. The minimum absolute atomic E-state index is 0.0567. The maximum absolute atomic E-state index is 11.9. The summed E-state index contributed by atoms with van der Waals surface area (Å²) in [6.45, 7) is 3.63. The number of Topliss-reactive ketones (excluding diaryl/α,β-unsaturated/α-hetero) is 1. The summed E-state index contributed by atoms with van der Waals surface area (Å²) in [5, 5.41) is 8.59. The number of rotatable bonds is 4. The standard InChI is InChI=1S/C13H13BrO3/c1-8-3-4-10(5-6-12(15)16)11(7-8)13(17)9(2)14/h3-7,9H,1-2H3,(H,15,16)/b6-5+. The zero-order valence-electron chi connectivity index (χ0n) is 9.61. The van der Waals surface area contributed by atoms with E-state index in [1.54, 1.807) is 19.1 Å². The predicted molar refractivity (Wildman–Crippen MR) is 70.6 cm³/mol. The lowest BCUT2D eigenvalue weighted by Gasteiger charge is -2.08. The predicted octanol–water partition coefficient (Wildman–Crippen LogP) is 3.06. The molecule has 0 saturated heterocycles. The van der Waals surface area contributed by atoms with E-state index in [4.69, 9.17) is 5.11 Å². The molecule has 1 atom stereocenters. The van der Waals surface area contributed by atoms with Crippen LogP contribution < -0.4 is 0 Å². The Hall–Kier alpha value is -1.42. The number of aryl methyl sites for hydroxylation is 1. The van der Waals surface area contributed by atoms with E-state index in [0.29, 0.717) is 11.1 Å². The number of carboxylic acid groups (broad SMARTS) is 1. The van der Waals surface area contributed by atoms with E-state index >= 15 is 0 Å². The number of hydrogen-bond acceptors (Lipinski definition) is 2. The second-order valence-corrected chi connectivity index (χ2v) is 5.12. The SMILES string of the molecule is Cc1ccc(/C=C/C(=O)O)c(C(=O)C(C)Br)c1. The summed E-state index contributed by atoms with van der Waals surface area (Å²) >= 11 is 3.23. The number of carbonyl (C=O) groups excluding carboxylic acids is 1. The average Bonchev–Trinajstić information content (AvgIpc) is 2.26. The molecule has 4 heteroatoms. The highest BCUT2D eigenvalue weighted by atomic mass is 79.9. The zero-order chi connectivity index (χ0) is 13.0. The van der Waals surface area contributed by atoms with Gasteiger partial charge in [0, 0.05) is 11.6 Å². The summed E-state index contributed by atoms with van der Waals surface area (Å²) in [6.07, 6.45) is 2.46. The third-order valence-corrected chi connectivity index (χ3v) is 2.66. The van der Waals surface area contributed by atoms with Crippen molar-refractivity contribution in [2.24, 2.45) is 0 Å². The number of aliphatic carboxylic acids is 1. The first kappa shape index (κ1) is 13.6. The van der Waals surface area contributed by atoms with Crippen molar-refractivity contribution in [3.8, 4) is 0 Å². The van der Waals surface area contributed by atoms with Crippen LogP contribution in [0, 0.1) is 6.92 Å². The lowest BCUT2D eigenvalue weighted by atomic mass is 9.99. The molecule has 0 heterocycles. The van der Waals surface area contributed by atoms with E-state index in [2.05, 4.69) is 15.9 Å². The van der Waals surface area contributed by atoms with Gasteiger partial charge in [0.05, 0.1) is 4.83 Å². The Morgan fingerprint density at radius 2 is 2.06 bits per heavy atom. The van der Waals surface area contributed by atoms with Crippen LogP contribution in [0.15, 0.2) is 24.3 Å². The molecule has 0 aliphatic carbocycles. The Balaban J connectivity index is 3.21. The molecule has 0 radical (unpaired) electrons. The molecular weight excluding hydrogens is 284 g/mol. The van der Waals surface area contributed by atoms with Gasteiger partial charge in [-0.05, 0) is 31.6 Å². The van der Waals surface area contributed by atoms with Crippen LogP contribution in [-0.4, -0.2) is 21.7 Å². The van der Waals surface area contributed by atoms with Crippen molar-refractivity contribution in [3.63, 3.8) is 0 Å². The Kier molecular flexibility index (Phi) is 4.63. The largest absolute Gasteiger partial charge is 0.478 e. The van der Waals surface area contributed by atoms with Crippen LogP contribution in [0.3, 0.4) is 0 Å². The topological polar surface area (TPSA) is 54.4 Å². The molecule has 90 valence electrons. The highest BCUT2D eigenvalue weighted by Gasteiger charge is 2.15. The summed E-state index contributed by atoms with van der Waals surface area (Å²) in [6, 6.07) is 5.36. The number of ketones is 1. The second-order valence-electron chi connectivity index (χ2n) is 3.74. The number of alkyl halides is 1. The first-order valence-electron chi connectivity index (χ1n) is 5.11. The van der Waals surface area contributed by atoms with Crippen molar-refractivity contribution in [3.05, 3.63) is 41.0 Å². The van der Waals surface area contributed by atoms with Gasteiger partial charge >= 0.3 is 5.97 Å². The molecule has 0 fully saturated rings. The number of carboxylic acids is 1. The number of benzene rings is 1. The van der Waals surface area contributed by atoms with Crippen molar-refractivity contribution >= 4 is 33.8 Å². The van der Waals surface area contributed by atoms with Gasteiger partial charge in [-0.1, -0.05) is 33.6 Å². The minimum Gasteiger partial charge on any atom is -0.478 e. The van der Waals surface area contributed by atoms with Crippen molar-refractivity contribution in [1.82, 2.24) is 0 Å². The molecular formula is C13H13BrO3. The van der Waals surface area contributed by atoms with Crippen LogP contribution in [0.4, 0.5) is 0 Å². The van der Waals surface area contributed by atoms with Gasteiger partial charge in [-0.3, -0.25) is 4.79 Å². The van der Waals surface area contributed by atoms with Gasteiger partial charge in [-0.15, -0.1) is 0 Å². The monoisotopic (exact) mass is 296 g/mol. The van der Waals surface area contributed by atoms with E-state index in [-0.39, 0.29) is 10.6 Å². The second kappa shape index (κ2) is 5.77. The lowest BCUT2D eigenvalue weighted by Crippen LogP contribution is -2.11. The molecule has 1 rings (SSSR count). The van der Waals surface area contributed by atoms with Gasteiger partial charge in [0.15, 0.2) is 5.78 Å². The van der Waals surface area contributed by atoms with Crippen LogP contribution in [0.5, 0.6) is 0 Å². The van der Waals surface area contributed by atoms with Gasteiger partial charge < -0.3 is 5.11 Å². The fraction of sp³-hybridized carbons (Fsp3) is 0.231. The molecule has 0 spiro atoms. The summed E-state index contributed by atoms with van der Waals surface area (Å²) in [4.78, 5) is 22.1. The first-order valence-corrected chi connectivity index (χ1v) is 6.03. The van der Waals surface area contributed by atoms with E-state index in [0.717, 1.165) is 11.6 Å². The van der Waals surface area contributed by atoms with Crippen LogP contribution in [-0.2, 0) is 4.79 Å². The molecule has 0 aliphatic rings. The van der Waals surface area contributed by atoms with Gasteiger partial charge in [-0.2, -0.15) is 0 Å². The smallest absolute Gasteiger partial charge is 0.328 e. The van der Waals surface area contributed by atoms with Crippen LogP contribution in [0.25, 0.3) is 6.08 Å².